The number of nitrogen functional groups attached to an aromatic ring is 1. The first-order valence-electron chi connectivity index (χ1n) is 9.38. The van der Waals surface area contributed by atoms with E-state index < -0.39 is 11.7 Å². The Balaban J connectivity index is 0.000000730. The number of halogens is 3. The Hall–Kier alpha value is -3.50. The standard InChI is InChI=1S/C18H17F3N6O.CO2/c19-18(20,21)13-6-15(22)23-7-12(13)16-24-17(14-2-1-5-27(14)25-16)26-8-10-3-4-11(9-26)28-10;2-1-3/h1-2,5-7,10-11H,3-4,8-9H2,(H2,22,23);. The molecule has 5 rings (SSSR count). The highest BCUT2D eigenvalue weighted by atomic mass is 19.4. The van der Waals surface area contributed by atoms with Crippen molar-refractivity contribution < 1.29 is 27.5 Å². The van der Waals surface area contributed by atoms with E-state index in [9.17, 15) is 13.2 Å². The number of pyridine rings is 1. The summed E-state index contributed by atoms with van der Waals surface area (Å²) in [6.45, 7) is 1.31. The van der Waals surface area contributed by atoms with Crippen molar-refractivity contribution in [2.24, 2.45) is 0 Å². The van der Waals surface area contributed by atoms with Crippen molar-refractivity contribution in [1.29, 1.82) is 0 Å². The van der Waals surface area contributed by atoms with Gasteiger partial charge < -0.3 is 15.4 Å². The van der Waals surface area contributed by atoms with E-state index in [4.69, 9.17) is 20.1 Å². The van der Waals surface area contributed by atoms with Crippen LogP contribution in [0.4, 0.5) is 24.8 Å². The molecule has 5 heterocycles. The Morgan fingerprint density at radius 2 is 1.87 bits per heavy atom. The molecule has 0 spiro atoms. The molecule has 9 nitrogen and oxygen atoms in total. The van der Waals surface area contributed by atoms with Gasteiger partial charge in [-0.2, -0.15) is 22.8 Å². The van der Waals surface area contributed by atoms with E-state index in [2.05, 4.69) is 20.0 Å². The summed E-state index contributed by atoms with van der Waals surface area (Å²) in [5, 5.41) is 4.29. The van der Waals surface area contributed by atoms with Gasteiger partial charge in [0.1, 0.15) is 11.3 Å². The number of alkyl halides is 3. The van der Waals surface area contributed by atoms with E-state index >= 15 is 0 Å². The second-order valence-electron chi connectivity index (χ2n) is 7.20. The summed E-state index contributed by atoms with van der Waals surface area (Å²) >= 11 is 0. The zero-order valence-electron chi connectivity index (χ0n) is 16.0. The molecule has 2 aliphatic heterocycles. The molecule has 2 N–H and O–H groups in total. The number of morpholine rings is 1. The molecule has 2 saturated heterocycles. The van der Waals surface area contributed by atoms with Crippen LogP contribution in [0.3, 0.4) is 0 Å². The number of rotatable bonds is 2. The number of ether oxygens (including phenoxy) is 1. The molecule has 0 radical (unpaired) electrons. The van der Waals surface area contributed by atoms with Crippen LogP contribution in [0.2, 0.25) is 0 Å². The Bertz CT molecular complexity index is 1130. The van der Waals surface area contributed by atoms with E-state index in [0.717, 1.165) is 30.6 Å². The van der Waals surface area contributed by atoms with Gasteiger partial charge >= 0.3 is 12.3 Å². The number of carbonyl (C=O) groups excluding carboxylic acids is 2. The van der Waals surface area contributed by atoms with Gasteiger partial charge in [-0.3, -0.25) is 0 Å². The second-order valence-corrected chi connectivity index (χ2v) is 7.20. The predicted octanol–water partition coefficient (Wildman–Crippen LogP) is 2.18. The van der Waals surface area contributed by atoms with Crippen LogP contribution in [0.5, 0.6) is 0 Å². The van der Waals surface area contributed by atoms with E-state index in [1.807, 2.05) is 6.07 Å². The zero-order chi connectivity index (χ0) is 22.2. The average molecular weight is 434 g/mol. The van der Waals surface area contributed by atoms with Crippen LogP contribution in [-0.4, -0.2) is 51.0 Å². The highest BCUT2D eigenvalue weighted by molar-refractivity contribution is 5.73. The van der Waals surface area contributed by atoms with Gasteiger partial charge in [0.25, 0.3) is 0 Å². The SMILES string of the molecule is Nc1cc(C(F)(F)F)c(-c2nc(N3CC4CCC(C3)O4)c3cccn3n2)cn1.O=C=O. The van der Waals surface area contributed by atoms with Crippen LogP contribution in [0.15, 0.2) is 30.6 Å². The number of nitrogens with zero attached hydrogens (tertiary/aromatic N) is 5. The first-order chi connectivity index (χ1) is 14.8. The zero-order valence-corrected chi connectivity index (χ0v) is 16.0. The Kier molecular flexibility index (Phi) is 5.34. The number of nitrogens with two attached hydrogens (primary N) is 1. The molecule has 162 valence electrons. The number of fused-ring (bicyclic) bond motifs is 3. The average Bonchev–Trinajstić information content (AvgIpc) is 3.32. The minimum absolute atomic E-state index is 0.0441. The largest absolute Gasteiger partial charge is 0.417 e. The highest BCUT2D eigenvalue weighted by Crippen LogP contribution is 2.38. The highest BCUT2D eigenvalue weighted by Gasteiger charge is 2.37. The number of hydrogen-bond donors (Lipinski definition) is 1. The molecule has 0 aromatic carbocycles. The lowest BCUT2D eigenvalue weighted by Crippen LogP contribution is -2.43. The summed E-state index contributed by atoms with van der Waals surface area (Å²) in [6.07, 6.45) is 0.631. The molecule has 0 amide bonds. The predicted molar refractivity (Wildman–Crippen MR) is 101 cm³/mol. The molecule has 0 aliphatic carbocycles. The quantitative estimate of drug-likeness (QED) is 0.653. The lowest BCUT2D eigenvalue weighted by atomic mass is 10.1. The van der Waals surface area contributed by atoms with Crippen molar-refractivity contribution in [1.82, 2.24) is 19.6 Å². The Morgan fingerprint density at radius 1 is 1.19 bits per heavy atom. The second kappa shape index (κ2) is 7.97. The Labute approximate surface area is 173 Å². The number of hydrogen-bond acceptors (Lipinski definition) is 8. The van der Waals surface area contributed by atoms with Gasteiger partial charge in [0.2, 0.25) is 0 Å². The van der Waals surface area contributed by atoms with Crippen molar-refractivity contribution in [2.75, 3.05) is 23.7 Å². The van der Waals surface area contributed by atoms with Gasteiger partial charge in [-0.05, 0) is 31.0 Å². The van der Waals surface area contributed by atoms with Gasteiger partial charge in [-0.25, -0.2) is 14.5 Å². The first-order valence-corrected chi connectivity index (χ1v) is 9.38. The van der Waals surface area contributed by atoms with Crippen LogP contribution in [0, 0.1) is 0 Å². The molecular weight excluding hydrogens is 417 g/mol. The number of aromatic nitrogens is 4. The van der Waals surface area contributed by atoms with Crippen molar-refractivity contribution in [3.63, 3.8) is 0 Å². The third kappa shape index (κ3) is 4.07. The summed E-state index contributed by atoms with van der Waals surface area (Å²) in [5.41, 5.74) is 5.12. The first kappa shape index (κ1) is 20.8. The normalized spacial score (nSPS) is 20.3. The molecule has 3 aromatic rings. The van der Waals surface area contributed by atoms with Gasteiger partial charge in [-0.15, -0.1) is 5.10 Å². The summed E-state index contributed by atoms with van der Waals surface area (Å²) in [7, 11) is 0. The third-order valence-electron chi connectivity index (χ3n) is 5.19. The number of anilines is 2. The molecule has 31 heavy (non-hydrogen) atoms. The van der Waals surface area contributed by atoms with Gasteiger partial charge in [0.15, 0.2) is 11.6 Å². The maximum atomic E-state index is 13.6. The third-order valence-corrected chi connectivity index (χ3v) is 5.19. The van der Waals surface area contributed by atoms with Crippen LogP contribution in [0.1, 0.15) is 18.4 Å². The minimum atomic E-state index is -4.60. The van der Waals surface area contributed by atoms with Gasteiger partial charge in [-0.1, -0.05) is 0 Å². The van der Waals surface area contributed by atoms with E-state index in [1.54, 1.807) is 16.8 Å². The lowest BCUT2D eigenvalue weighted by Gasteiger charge is -2.33. The summed E-state index contributed by atoms with van der Waals surface area (Å²) in [5.74, 6) is 0.348. The monoisotopic (exact) mass is 434 g/mol. The summed E-state index contributed by atoms with van der Waals surface area (Å²) < 4.78 is 48.1. The topological polar surface area (TPSA) is 116 Å². The fourth-order valence-electron chi connectivity index (χ4n) is 3.94. The van der Waals surface area contributed by atoms with Crippen molar-refractivity contribution >= 4 is 23.3 Å². The fraction of sp³-hybridized carbons (Fsp3) is 0.368. The molecule has 3 aromatic heterocycles. The Morgan fingerprint density at radius 3 is 2.52 bits per heavy atom. The van der Waals surface area contributed by atoms with Gasteiger partial charge in [0.05, 0.1) is 23.3 Å². The molecule has 0 saturated carbocycles. The van der Waals surface area contributed by atoms with Crippen molar-refractivity contribution in [3.05, 3.63) is 36.2 Å². The van der Waals surface area contributed by atoms with Crippen molar-refractivity contribution in [2.45, 2.75) is 31.2 Å². The van der Waals surface area contributed by atoms with E-state index in [0.29, 0.717) is 18.9 Å². The maximum Gasteiger partial charge on any atom is 0.417 e. The molecule has 2 unspecified atom stereocenters. The van der Waals surface area contributed by atoms with E-state index in [1.165, 1.54) is 0 Å². The molecule has 2 fully saturated rings. The summed E-state index contributed by atoms with van der Waals surface area (Å²) in [4.78, 5) is 26.7. The maximum absolute atomic E-state index is 13.6. The smallest absolute Gasteiger partial charge is 0.384 e. The van der Waals surface area contributed by atoms with Crippen molar-refractivity contribution in [3.8, 4) is 11.4 Å². The summed E-state index contributed by atoms with van der Waals surface area (Å²) in [6, 6.07) is 4.45. The van der Waals surface area contributed by atoms with Crippen LogP contribution < -0.4 is 10.6 Å². The molecule has 2 bridgehead atoms. The molecule has 12 heteroatoms. The molecular formula is C19H17F3N6O3. The van der Waals surface area contributed by atoms with E-state index in [-0.39, 0.29) is 35.6 Å². The van der Waals surface area contributed by atoms with Crippen LogP contribution in [0.25, 0.3) is 16.9 Å². The van der Waals surface area contributed by atoms with Crippen LogP contribution >= 0.6 is 0 Å². The fourth-order valence-corrected chi connectivity index (χ4v) is 3.94. The molecule has 2 aliphatic rings. The van der Waals surface area contributed by atoms with Crippen LogP contribution in [-0.2, 0) is 20.5 Å². The van der Waals surface area contributed by atoms with Gasteiger partial charge in [0, 0.05) is 25.5 Å². The lowest BCUT2D eigenvalue weighted by molar-refractivity contribution is -0.191. The molecule has 2 atom stereocenters. The minimum Gasteiger partial charge on any atom is -0.384 e.